The first kappa shape index (κ1) is 12.9. The van der Waals surface area contributed by atoms with Crippen LogP contribution >= 0.6 is 0 Å². The van der Waals surface area contributed by atoms with Gasteiger partial charge in [-0.1, -0.05) is 32.0 Å². The molecule has 3 nitrogen and oxygen atoms in total. The highest BCUT2D eigenvalue weighted by atomic mass is 16.2. The first-order valence-corrected chi connectivity index (χ1v) is 6.76. The molecular formula is C15H22N2O. The Bertz CT molecular complexity index is 415. The molecular weight excluding hydrogens is 224 g/mol. The number of benzene rings is 1. The number of amides is 1. The van der Waals surface area contributed by atoms with E-state index in [0.29, 0.717) is 12.5 Å². The molecule has 0 bridgehead atoms. The number of anilines is 1. The molecule has 98 valence electrons. The lowest BCUT2D eigenvalue weighted by Crippen LogP contribution is -2.40. The molecule has 0 unspecified atom stereocenters. The number of carbonyl (C=O) groups is 1. The van der Waals surface area contributed by atoms with Crippen LogP contribution in [0.1, 0.15) is 25.8 Å². The number of nitrogens with one attached hydrogen (secondary N) is 1. The highest BCUT2D eigenvalue weighted by Crippen LogP contribution is 2.26. The number of nitrogens with zero attached hydrogens (tertiary/aromatic N) is 1. The van der Waals surface area contributed by atoms with E-state index >= 15 is 0 Å². The Balaban J connectivity index is 1.96. The number of aryl methyl sites for hydroxylation is 1. The SMILES string of the molecule is CC(C)CNC(=O)CN1CCCc2ccccc21. The molecule has 1 amide bonds. The standard InChI is InChI=1S/C15H22N2O/c1-12(2)10-16-15(18)11-17-9-5-7-13-6-3-4-8-14(13)17/h3-4,6,8,12H,5,7,9-11H2,1-2H3,(H,16,18). The molecule has 1 aliphatic heterocycles. The number of fused-ring (bicyclic) bond motifs is 1. The summed E-state index contributed by atoms with van der Waals surface area (Å²) in [6.07, 6.45) is 2.26. The molecule has 0 atom stereocenters. The van der Waals surface area contributed by atoms with Gasteiger partial charge in [-0.3, -0.25) is 4.79 Å². The Hall–Kier alpha value is -1.51. The zero-order valence-electron chi connectivity index (χ0n) is 11.3. The lowest BCUT2D eigenvalue weighted by molar-refractivity contribution is -0.119. The first-order chi connectivity index (χ1) is 8.66. The van der Waals surface area contributed by atoms with Crippen LogP contribution in [0.15, 0.2) is 24.3 Å². The fourth-order valence-corrected chi connectivity index (χ4v) is 2.32. The molecule has 1 aromatic rings. The molecule has 0 aromatic heterocycles. The number of hydrogen-bond donors (Lipinski definition) is 1. The van der Waals surface area contributed by atoms with Gasteiger partial charge in [-0.15, -0.1) is 0 Å². The third kappa shape index (κ3) is 3.25. The average molecular weight is 246 g/mol. The van der Waals surface area contributed by atoms with Gasteiger partial charge in [-0.05, 0) is 30.4 Å². The fourth-order valence-electron chi connectivity index (χ4n) is 2.32. The van der Waals surface area contributed by atoms with Crippen LogP contribution in [-0.2, 0) is 11.2 Å². The zero-order chi connectivity index (χ0) is 13.0. The maximum atomic E-state index is 11.9. The minimum atomic E-state index is 0.125. The van der Waals surface area contributed by atoms with Crippen molar-refractivity contribution in [3.63, 3.8) is 0 Å². The van der Waals surface area contributed by atoms with Crippen molar-refractivity contribution in [3.05, 3.63) is 29.8 Å². The van der Waals surface area contributed by atoms with E-state index in [0.717, 1.165) is 25.9 Å². The summed E-state index contributed by atoms with van der Waals surface area (Å²) in [7, 11) is 0. The molecule has 1 N–H and O–H groups in total. The van der Waals surface area contributed by atoms with E-state index in [2.05, 4.69) is 42.3 Å². The van der Waals surface area contributed by atoms with Gasteiger partial charge in [0.25, 0.3) is 0 Å². The minimum Gasteiger partial charge on any atom is -0.362 e. The van der Waals surface area contributed by atoms with Gasteiger partial charge in [0.15, 0.2) is 0 Å². The molecule has 1 aliphatic rings. The molecule has 3 heteroatoms. The predicted octanol–water partition coefficient (Wildman–Crippen LogP) is 2.21. The summed E-state index contributed by atoms with van der Waals surface area (Å²) in [6, 6.07) is 8.39. The van der Waals surface area contributed by atoms with Crippen LogP contribution in [0.25, 0.3) is 0 Å². The predicted molar refractivity (Wildman–Crippen MR) is 74.8 cm³/mol. The van der Waals surface area contributed by atoms with E-state index in [4.69, 9.17) is 0 Å². The molecule has 0 fully saturated rings. The zero-order valence-corrected chi connectivity index (χ0v) is 11.3. The van der Waals surface area contributed by atoms with Crippen molar-refractivity contribution in [3.8, 4) is 0 Å². The van der Waals surface area contributed by atoms with Crippen molar-refractivity contribution in [2.75, 3.05) is 24.5 Å². The molecule has 18 heavy (non-hydrogen) atoms. The summed E-state index contributed by atoms with van der Waals surface area (Å²) in [5.41, 5.74) is 2.59. The highest BCUT2D eigenvalue weighted by molar-refractivity contribution is 5.81. The Kier molecular flexibility index (Phi) is 4.24. The number of rotatable bonds is 4. The van der Waals surface area contributed by atoms with Crippen LogP contribution in [0.3, 0.4) is 0 Å². The van der Waals surface area contributed by atoms with E-state index in [1.165, 1.54) is 11.3 Å². The Morgan fingerprint density at radius 3 is 2.94 bits per heavy atom. The van der Waals surface area contributed by atoms with Crippen LogP contribution in [0.2, 0.25) is 0 Å². The summed E-state index contributed by atoms with van der Waals surface area (Å²) < 4.78 is 0. The molecule has 0 saturated carbocycles. The summed E-state index contributed by atoms with van der Waals surface area (Å²) in [4.78, 5) is 14.1. The van der Waals surface area contributed by atoms with Gasteiger partial charge in [0, 0.05) is 18.8 Å². The smallest absolute Gasteiger partial charge is 0.239 e. The number of para-hydroxylation sites is 1. The molecule has 0 aliphatic carbocycles. The monoisotopic (exact) mass is 246 g/mol. The van der Waals surface area contributed by atoms with Crippen molar-refractivity contribution >= 4 is 11.6 Å². The van der Waals surface area contributed by atoms with Gasteiger partial charge < -0.3 is 10.2 Å². The number of hydrogen-bond acceptors (Lipinski definition) is 2. The summed E-state index contributed by atoms with van der Waals surface area (Å²) in [5.74, 6) is 0.628. The Morgan fingerprint density at radius 2 is 2.17 bits per heavy atom. The summed E-state index contributed by atoms with van der Waals surface area (Å²) in [6.45, 7) is 6.43. The fraction of sp³-hybridized carbons (Fsp3) is 0.533. The highest BCUT2D eigenvalue weighted by Gasteiger charge is 2.18. The Morgan fingerprint density at radius 1 is 1.39 bits per heavy atom. The molecule has 1 heterocycles. The second kappa shape index (κ2) is 5.89. The summed E-state index contributed by atoms with van der Waals surface area (Å²) in [5, 5.41) is 2.98. The van der Waals surface area contributed by atoms with E-state index < -0.39 is 0 Å². The van der Waals surface area contributed by atoms with Gasteiger partial charge in [-0.25, -0.2) is 0 Å². The number of carbonyl (C=O) groups excluding carboxylic acids is 1. The molecule has 0 spiro atoms. The van der Waals surface area contributed by atoms with Crippen molar-refractivity contribution < 1.29 is 4.79 Å². The molecule has 1 aromatic carbocycles. The van der Waals surface area contributed by atoms with Gasteiger partial charge >= 0.3 is 0 Å². The first-order valence-electron chi connectivity index (χ1n) is 6.76. The second-order valence-electron chi connectivity index (χ2n) is 5.35. The lowest BCUT2D eigenvalue weighted by Gasteiger charge is -2.30. The molecule has 2 rings (SSSR count). The Labute approximate surface area is 109 Å². The van der Waals surface area contributed by atoms with Crippen LogP contribution in [0, 0.1) is 5.92 Å². The van der Waals surface area contributed by atoms with Crippen molar-refractivity contribution in [1.29, 1.82) is 0 Å². The van der Waals surface area contributed by atoms with Crippen LogP contribution in [0.5, 0.6) is 0 Å². The van der Waals surface area contributed by atoms with Crippen LogP contribution in [0.4, 0.5) is 5.69 Å². The maximum Gasteiger partial charge on any atom is 0.239 e. The van der Waals surface area contributed by atoms with Gasteiger partial charge in [0.05, 0.1) is 6.54 Å². The third-order valence-electron chi connectivity index (χ3n) is 3.25. The lowest BCUT2D eigenvalue weighted by atomic mass is 10.0. The van der Waals surface area contributed by atoms with E-state index in [-0.39, 0.29) is 5.91 Å². The molecule has 0 radical (unpaired) electrons. The van der Waals surface area contributed by atoms with E-state index in [9.17, 15) is 4.79 Å². The van der Waals surface area contributed by atoms with Crippen molar-refractivity contribution in [2.24, 2.45) is 5.92 Å². The molecule has 0 saturated heterocycles. The normalized spacial score (nSPS) is 14.5. The second-order valence-corrected chi connectivity index (χ2v) is 5.35. The van der Waals surface area contributed by atoms with E-state index in [1.54, 1.807) is 0 Å². The summed E-state index contributed by atoms with van der Waals surface area (Å²) >= 11 is 0. The van der Waals surface area contributed by atoms with Crippen LogP contribution in [-0.4, -0.2) is 25.5 Å². The largest absolute Gasteiger partial charge is 0.362 e. The quantitative estimate of drug-likeness (QED) is 0.883. The van der Waals surface area contributed by atoms with Gasteiger partial charge in [-0.2, -0.15) is 0 Å². The van der Waals surface area contributed by atoms with Gasteiger partial charge in [0.2, 0.25) is 5.91 Å². The van der Waals surface area contributed by atoms with Crippen molar-refractivity contribution in [1.82, 2.24) is 5.32 Å². The van der Waals surface area contributed by atoms with E-state index in [1.807, 2.05) is 6.07 Å². The van der Waals surface area contributed by atoms with Gasteiger partial charge in [0.1, 0.15) is 0 Å². The van der Waals surface area contributed by atoms with Crippen molar-refractivity contribution in [2.45, 2.75) is 26.7 Å². The minimum absolute atomic E-state index is 0.125. The van der Waals surface area contributed by atoms with Crippen LogP contribution < -0.4 is 10.2 Å². The third-order valence-corrected chi connectivity index (χ3v) is 3.25. The average Bonchev–Trinajstić information content (AvgIpc) is 2.37. The maximum absolute atomic E-state index is 11.9. The topological polar surface area (TPSA) is 32.3 Å².